The highest BCUT2D eigenvalue weighted by Crippen LogP contribution is 2.24. The number of nitrogens with two attached hydrogens (primary N) is 1. The summed E-state index contributed by atoms with van der Waals surface area (Å²) in [7, 11) is 1.69. The number of guanidine groups is 1. The van der Waals surface area contributed by atoms with E-state index in [1.54, 1.807) is 13.3 Å². The third-order valence-electron chi connectivity index (χ3n) is 3.42. The number of hydrogen-bond donors (Lipinski definition) is 2. The molecule has 1 aromatic heterocycles. The van der Waals surface area contributed by atoms with Crippen molar-refractivity contribution in [3.8, 4) is 0 Å². The van der Waals surface area contributed by atoms with Gasteiger partial charge in [0.1, 0.15) is 5.76 Å². The largest absolute Gasteiger partial charge is 0.468 e. The Hall–Kier alpha value is -0.760. The van der Waals surface area contributed by atoms with Gasteiger partial charge in [0.15, 0.2) is 5.96 Å². The number of furan rings is 1. The van der Waals surface area contributed by atoms with Crippen LogP contribution in [0.1, 0.15) is 31.1 Å². The summed E-state index contributed by atoms with van der Waals surface area (Å²) >= 11 is 0. The van der Waals surface area contributed by atoms with Crippen LogP contribution in [0.2, 0.25) is 0 Å². The van der Waals surface area contributed by atoms with Crippen molar-refractivity contribution in [3.63, 3.8) is 0 Å². The molecule has 3 N–H and O–H groups in total. The van der Waals surface area contributed by atoms with E-state index >= 15 is 0 Å². The molecule has 0 bridgehead atoms. The van der Waals surface area contributed by atoms with Gasteiger partial charge in [0.2, 0.25) is 0 Å². The van der Waals surface area contributed by atoms with Crippen molar-refractivity contribution in [3.05, 3.63) is 24.2 Å². The fourth-order valence-corrected chi connectivity index (χ4v) is 2.40. The van der Waals surface area contributed by atoms with E-state index in [-0.39, 0.29) is 30.0 Å². The van der Waals surface area contributed by atoms with Crippen LogP contribution in [0.4, 0.5) is 0 Å². The molecule has 2 heterocycles. The Labute approximate surface area is 131 Å². The number of nitrogens with one attached hydrogen (secondary N) is 1. The van der Waals surface area contributed by atoms with Crippen molar-refractivity contribution in [1.82, 2.24) is 10.2 Å². The Kier molecular flexibility index (Phi) is 7.22. The topological polar surface area (TPSA) is 66.8 Å². The summed E-state index contributed by atoms with van der Waals surface area (Å²) in [5.74, 6) is 1.47. The van der Waals surface area contributed by atoms with Crippen molar-refractivity contribution in [2.75, 3.05) is 26.7 Å². The SMILES string of the molecule is CN=C(N)NCC(c1ccco1)N1CCCCC1.I. The van der Waals surface area contributed by atoms with Crippen molar-refractivity contribution in [2.45, 2.75) is 25.3 Å². The molecule has 0 saturated carbocycles. The highest BCUT2D eigenvalue weighted by atomic mass is 127. The van der Waals surface area contributed by atoms with Crippen molar-refractivity contribution in [2.24, 2.45) is 10.7 Å². The van der Waals surface area contributed by atoms with E-state index in [0.29, 0.717) is 5.96 Å². The maximum absolute atomic E-state index is 5.69. The predicted molar refractivity (Wildman–Crippen MR) is 87.8 cm³/mol. The third kappa shape index (κ3) is 4.68. The molecule has 6 heteroatoms. The van der Waals surface area contributed by atoms with Crippen LogP contribution < -0.4 is 11.1 Å². The van der Waals surface area contributed by atoms with E-state index in [1.165, 1.54) is 19.3 Å². The molecule has 1 aromatic rings. The Morgan fingerprint density at radius 1 is 1.47 bits per heavy atom. The summed E-state index contributed by atoms with van der Waals surface area (Å²) in [6.07, 6.45) is 5.57. The average Bonchev–Trinajstić information content (AvgIpc) is 2.94. The summed E-state index contributed by atoms with van der Waals surface area (Å²) < 4.78 is 5.55. The molecule has 1 saturated heterocycles. The van der Waals surface area contributed by atoms with E-state index in [0.717, 1.165) is 25.4 Å². The summed E-state index contributed by atoms with van der Waals surface area (Å²) in [5.41, 5.74) is 5.69. The van der Waals surface area contributed by atoms with Crippen LogP contribution in [0.15, 0.2) is 27.8 Å². The zero-order valence-electron chi connectivity index (χ0n) is 11.3. The fourth-order valence-electron chi connectivity index (χ4n) is 2.40. The molecule has 1 aliphatic heterocycles. The first kappa shape index (κ1) is 16.3. The monoisotopic (exact) mass is 378 g/mol. The molecular weight excluding hydrogens is 355 g/mol. The highest BCUT2D eigenvalue weighted by molar-refractivity contribution is 14.0. The zero-order chi connectivity index (χ0) is 12.8. The van der Waals surface area contributed by atoms with E-state index in [9.17, 15) is 0 Å². The molecular formula is C13H23IN4O. The minimum Gasteiger partial charge on any atom is -0.468 e. The van der Waals surface area contributed by atoms with E-state index in [4.69, 9.17) is 10.2 Å². The van der Waals surface area contributed by atoms with Crippen molar-refractivity contribution >= 4 is 29.9 Å². The Balaban J connectivity index is 0.00000180. The van der Waals surface area contributed by atoms with Gasteiger partial charge in [-0.2, -0.15) is 0 Å². The zero-order valence-corrected chi connectivity index (χ0v) is 13.7. The lowest BCUT2D eigenvalue weighted by Crippen LogP contribution is -2.42. The van der Waals surface area contributed by atoms with Crippen LogP contribution >= 0.6 is 24.0 Å². The second-order valence-electron chi connectivity index (χ2n) is 4.62. The van der Waals surface area contributed by atoms with Gasteiger partial charge in [-0.1, -0.05) is 6.42 Å². The van der Waals surface area contributed by atoms with Crippen LogP contribution in [0.3, 0.4) is 0 Å². The molecule has 108 valence electrons. The first-order chi connectivity index (χ1) is 8.81. The van der Waals surface area contributed by atoms with Gasteiger partial charge in [-0.3, -0.25) is 9.89 Å². The third-order valence-corrected chi connectivity index (χ3v) is 3.42. The smallest absolute Gasteiger partial charge is 0.188 e. The van der Waals surface area contributed by atoms with Gasteiger partial charge in [-0.05, 0) is 38.1 Å². The van der Waals surface area contributed by atoms with Crippen LogP contribution in [-0.4, -0.2) is 37.5 Å². The van der Waals surface area contributed by atoms with Crippen LogP contribution in [0, 0.1) is 0 Å². The minimum absolute atomic E-state index is 0. The van der Waals surface area contributed by atoms with Gasteiger partial charge >= 0.3 is 0 Å². The minimum atomic E-state index is 0. The first-order valence-corrected chi connectivity index (χ1v) is 6.55. The van der Waals surface area contributed by atoms with Gasteiger partial charge in [0.25, 0.3) is 0 Å². The summed E-state index contributed by atoms with van der Waals surface area (Å²) in [6.45, 7) is 2.98. The Morgan fingerprint density at radius 2 is 2.21 bits per heavy atom. The normalized spacial score (nSPS) is 18.7. The summed E-state index contributed by atoms with van der Waals surface area (Å²) in [6, 6.07) is 4.20. The molecule has 1 fully saturated rings. The van der Waals surface area contributed by atoms with E-state index < -0.39 is 0 Å². The molecule has 19 heavy (non-hydrogen) atoms. The molecule has 5 nitrogen and oxygen atoms in total. The van der Waals surface area contributed by atoms with Gasteiger partial charge in [-0.15, -0.1) is 24.0 Å². The highest BCUT2D eigenvalue weighted by Gasteiger charge is 2.24. The average molecular weight is 378 g/mol. The maximum Gasteiger partial charge on any atom is 0.188 e. The molecule has 2 rings (SSSR count). The molecule has 1 unspecified atom stereocenters. The molecule has 0 aliphatic carbocycles. The van der Waals surface area contributed by atoms with E-state index in [2.05, 4.69) is 15.2 Å². The van der Waals surface area contributed by atoms with Gasteiger partial charge in [-0.25, -0.2) is 0 Å². The number of rotatable bonds is 4. The number of piperidine rings is 1. The molecule has 0 spiro atoms. The molecule has 1 aliphatic rings. The van der Waals surface area contributed by atoms with Gasteiger partial charge < -0.3 is 15.5 Å². The quantitative estimate of drug-likeness (QED) is 0.478. The Bertz CT molecular complexity index is 374. The maximum atomic E-state index is 5.69. The Morgan fingerprint density at radius 3 is 2.79 bits per heavy atom. The molecule has 0 aromatic carbocycles. The van der Waals surface area contributed by atoms with E-state index in [1.807, 2.05) is 12.1 Å². The number of halogens is 1. The second kappa shape index (κ2) is 8.42. The fraction of sp³-hybridized carbons (Fsp3) is 0.615. The lowest BCUT2D eigenvalue weighted by atomic mass is 10.1. The number of likely N-dealkylation sites (tertiary alicyclic amines) is 1. The molecule has 0 amide bonds. The number of aliphatic imine (C=N–C) groups is 1. The van der Waals surface area contributed by atoms with Crippen LogP contribution in [-0.2, 0) is 0 Å². The standard InChI is InChI=1S/C13H22N4O.HI/c1-15-13(14)16-10-11(12-6-5-9-18-12)17-7-3-2-4-8-17;/h5-6,9,11H,2-4,7-8,10H2,1H3,(H3,14,15,16);1H. The lowest BCUT2D eigenvalue weighted by Gasteiger charge is -2.33. The van der Waals surface area contributed by atoms with Crippen molar-refractivity contribution < 1.29 is 4.42 Å². The lowest BCUT2D eigenvalue weighted by molar-refractivity contribution is 0.146. The van der Waals surface area contributed by atoms with Crippen molar-refractivity contribution in [1.29, 1.82) is 0 Å². The molecule has 0 radical (unpaired) electrons. The van der Waals surface area contributed by atoms with Gasteiger partial charge in [0.05, 0.1) is 12.3 Å². The summed E-state index contributed by atoms with van der Waals surface area (Å²) in [4.78, 5) is 6.38. The number of nitrogens with zero attached hydrogens (tertiary/aromatic N) is 2. The van der Waals surface area contributed by atoms with Crippen LogP contribution in [0.5, 0.6) is 0 Å². The van der Waals surface area contributed by atoms with Gasteiger partial charge in [0, 0.05) is 13.6 Å². The molecule has 1 atom stereocenters. The predicted octanol–water partition coefficient (Wildman–Crippen LogP) is 1.96. The number of hydrogen-bond acceptors (Lipinski definition) is 3. The summed E-state index contributed by atoms with van der Waals surface area (Å²) in [5, 5.41) is 3.14. The van der Waals surface area contributed by atoms with Crippen LogP contribution in [0.25, 0.3) is 0 Å². The first-order valence-electron chi connectivity index (χ1n) is 6.55. The second-order valence-corrected chi connectivity index (χ2v) is 4.62.